The molecule has 14 heteroatoms. The topological polar surface area (TPSA) is 164 Å². The fourth-order valence-electron chi connectivity index (χ4n) is 3.42. The molecule has 0 aliphatic carbocycles. The molecule has 0 aliphatic rings. The number of nitrogens with one attached hydrogen (secondary N) is 2. The Morgan fingerprint density at radius 2 is 1.08 bits per heavy atom. The van der Waals surface area contributed by atoms with Crippen LogP contribution < -0.4 is 11.4 Å². The Morgan fingerprint density at radius 1 is 0.692 bits per heavy atom. The van der Waals surface area contributed by atoms with Crippen molar-refractivity contribution in [3.63, 3.8) is 0 Å². The Labute approximate surface area is 237 Å². The van der Waals surface area contributed by atoms with Crippen molar-refractivity contribution < 1.29 is 24.3 Å². The average molecular weight is 602 g/mol. The number of halogens is 3. The van der Waals surface area contributed by atoms with Gasteiger partial charge in [0.05, 0.1) is 22.1 Å². The van der Waals surface area contributed by atoms with Crippen molar-refractivity contribution in [2.75, 3.05) is 0 Å². The van der Waals surface area contributed by atoms with Crippen LogP contribution in [0, 0.1) is 0 Å². The van der Waals surface area contributed by atoms with Crippen LogP contribution >= 0.6 is 34.8 Å². The molecule has 0 fully saturated rings. The maximum absolute atomic E-state index is 11.6. The highest BCUT2D eigenvalue weighted by atomic mass is 35.5. The highest BCUT2D eigenvalue weighted by molar-refractivity contribution is 6.97. The number of nitrogens with zero attached hydrogens (tertiary/aromatic N) is 2. The van der Waals surface area contributed by atoms with E-state index in [4.69, 9.17) is 16.7 Å². The van der Waals surface area contributed by atoms with Gasteiger partial charge in [0.25, 0.3) is 0 Å². The van der Waals surface area contributed by atoms with Crippen molar-refractivity contribution in [2.24, 2.45) is 0 Å². The van der Waals surface area contributed by atoms with Crippen LogP contribution in [0.4, 0.5) is 0 Å². The number of carbonyl (C=O) groups excluding carboxylic acids is 3. The number of carbonyl (C=O) groups is 4. The minimum atomic E-state index is -1.14. The fraction of sp³-hybridized carbons (Fsp3) is 0.280. The van der Waals surface area contributed by atoms with E-state index in [9.17, 15) is 28.8 Å². The van der Waals surface area contributed by atoms with Crippen LogP contribution in [0.15, 0.2) is 58.1 Å². The van der Waals surface area contributed by atoms with E-state index < -0.39 is 16.5 Å². The number of imidazole rings is 2. The molecule has 2 heterocycles. The maximum Gasteiger partial charge on any atom is 0.326 e. The minimum Gasteiger partial charge on any atom is -0.481 e. The number of hydrogen-bond donors (Lipinski definition) is 3. The van der Waals surface area contributed by atoms with Crippen LogP contribution in [0.5, 0.6) is 0 Å². The molecular formula is C25H27Cl3N4O7. The van der Waals surface area contributed by atoms with Gasteiger partial charge >= 0.3 is 27.8 Å². The van der Waals surface area contributed by atoms with Gasteiger partial charge in [-0.25, -0.2) is 9.59 Å². The third-order valence-electron chi connectivity index (χ3n) is 5.05. The minimum absolute atomic E-state index is 0. The standard InChI is InChI=1S/C11H11ClN2O2.C11H12N2O3.C2Cl2O2.CH4/c12-10(15)6-3-7-14-9-5-2-1-4-8(9)13-11(14)16;14-10(15)6-3-7-13-9-5-2-1-4-8(9)12-11(13)16;3-1(5)2(4)6;/h1-2,4-5H,3,6-7H2,(H,13,16);1-2,4-5H,3,6-7H2,(H,12,16)(H,14,15);;1H4. The number of aromatic amines is 2. The molecular weight excluding hydrogens is 575 g/mol. The third-order valence-corrected chi connectivity index (χ3v) is 5.67. The Morgan fingerprint density at radius 3 is 1.44 bits per heavy atom. The van der Waals surface area contributed by atoms with Gasteiger partial charge in [-0.3, -0.25) is 28.3 Å². The lowest BCUT2D eigenvalue weighted by Crippen LogP contribution is -2.17. The second-order valence-corrected chi connectivity index (χ2v) is 8.81. The molecule has 2 aromatic heterocycles. The second kappa shape index (κ2) is 16.3. The van der Waals surface area contributed by atoms with Crippen LogP contribution in [0.25, 0.3) is 22.1 Å². The maximum atomic E-state index is 11.6. The number of carboxylic acids is 1. The third kappa shape index (κ3) is 10.5. The number of para-hydroxylation sites is 4. The predicted octanol–water partition coefficient (Wildman–Crippen LogP) is 4.22. The summed E-state index contributed by atoms with van der Waals surface area (Å²) in [4.78, 5) is 68.5. The van der Waals surface area contributed by atoms with Gasteiger partial charge in [0.15, 0.2) is 0 Å². The van der Waals surface area contributed by atoms with Crippen molar-refractivity contribution in [3.05, 3.63) is 69.5 Å². The predicted molar refractivity (Wildman–Crippen MR) is 151 cm³/mol. The summed E-state index contributed by atoms with van der Waals surface area (Å²) in [6, 6.07) is 14.8. The summed E-state index contributed by atoms with van der Waals surface area (Å²) in [6.07, 6.45) is 1.39. The average Bonchev–Trinajstić information content (AvgIpc) is 3.35. The highest BCUT2D eigenvalue weighted by Crippen LogP contribution is 2.11. The summed E-state index contributed by atoms with van der Waals surface area (Å²) in [5.74, 6) is -0.840. The number of aromatic nitrogens is 4. The molecule has 39 heavy (non-hydrogen) atoms. The van der Waals surface area contributed by atoms with E-state index in [1.807, 2.05) is 48.5 Å². The van der Waals surface area contributed by atoms with Gasteiger partial charge in [-0.15, -0.1) is 0 Å². The SMILES string of the molecule is C.O=C(Cl)C(=O)Cl.O=C(Cl)CCCn1c(=O)[nH]c2ccccc21.O=C(O)CCCn1c(=O)[nH]c2ccccc21. The Bertz CT molecular complexity index is 1440. The van der Waals surface area contributed by atoms with Crippen molar-refractivity contribution in [1.29, 1.82) is 0 Å². The Balaban J connectivity index is 0.000000318. The van der Waals surface area contributed by atoms with E-state index in [1.54, 1.807) is 9.13 Å². The highest BCUT2D eigenvalue weighted by Gasteiger charge is 2.07. The molecule has 4 aromatic rings. The first-order valence-electron chi connectivity index (χ1n) is 11.2. The molecule has 0 saturated heterocycles. The molecule has 11 nitrogen and oxygen atoms in total. The summed E-state index contributed by atoms with van der Waals surface area (Å²) in [7, 11) is 0. The lowest BCUT2D eigenvalue weighted by atomic mass is 10.3. The normalized spacial score (nSPS) is 10.0. The molecule has 210 valence electrons. The number of rotatable bonds is 9. The molecule has 0 bridgehead atoms. The first-order chi connectivity index (χ1) is 18.0. The van der Waals surface area contributed by atoms with Crippen LogP contribution in [0.2, 0.25) is 0 Å². The van der Waals surface area contributed by atoms with Gasteiger partial charge in [0.1, 0.15) is 0 Å². The van der Waals surface area contributed by atoms with Gasteiger partial charge in [0, 0.05) is 25.9 Å². The van der Waals surface area contributed by atoms with E-state index in [1.165, 1.54) is 0 Å². The fourth-order valence-corrected chi connectivity index (χ4v) is 3.56. The zero-order valence-electron chi connectivity index (χ0n) is 19.8. The van der Waals surface area contributed by atoms with Gasteiger partial charge < -0.3 is 15.1 Å². The Hall–Kier alpha value is -3.67. The molecule has 0 unspecified atom stereocenters. The molecule has 0 amide bonds. The van der Waals surface area contributed by atoms with E-state index in [-0.39, 0.29) is 36.9 Å². The largest absolute Gasteiger partial charge is 0.481 e. The lowest BCUT2D eigenvalue weighted by Gasteiger charge is -2.00. The van der Waals surface area contributed by atoms with Crippen LogP contribution in [-0.4, -0.2) is 45.9 Å². The van der Waals surface area contributed by atoms with Gasteiger partial charge in [-0.05, 0) is 71.9 Å². The summed E-state index contributed by atoms with van der Waals surface area (Å²) in [5, 5.41) is 5.88. The second-order valence-electron chi connectivity index (χ2n) is 7.70. The zero-order chi connectivity index (χ0) is 28.2. The monoisotopic (exact) mass is 600 g/mol. The van der Waals surface area contributed by atoms with E-state index >= 15 is 0 Å². The van der Waals surface area contributed by atoms with Crippen molar-refractivity contribution >= 4 is 78.6 Å². The molecule has 0 spiro atoms. The number of H-pyrrole nitrogens is 2. The molecule has 0 atom stereocenters. The lowest BCUT2D eigenvalue weighted by molar-refractivity contribution is -0.137. The molecule has 0 aliphatic heterocycles. The quantitative estimate of drug-likeness (QED) is 0.191. The summed E-state index contributed by atoms with van der Waals surface area (Å²) in [6.45, 7) is 0.927. The molecule has 3 N–H and O–H groups in total. The van der Waals surface area contributed by atoms with Gasteiger partial charge in [0.2, 0.25) is 5.24 Å². The number of benzene rings is 2. The molecule has 4 rings (SSSR count). The Kier molecular flexibility index (Phi) is 14.0. The number of carboxylic acid groups (broad SMARTS) is 1. The first-order valence-corrected chi connectivity index (χ1v) is 12.3. The van der Waals surface area contributed by atoms with Crippen LogP contribution in [0.3, 0.4) is 0 Å². The summed E-state index contributed by atoms with van der Waals surface area (Å²) >= 11 is 14.2. The van der Waals surface area contributed by atoms with Crippen LogP contribution in [0.1, 0.15) is 33.1 Å². The summed E-state index contributed by atoms with van der Waals surface area (Å²) in [5.41, 5.74) is 2.93. The smallest absolute Gasteiger partial charge is 0.326 e. The van der Waals surface area contributed by atoms with Crippen molar-refractivity contribution in [1.82, 2.24) is 19.1 Å². The van der Waals surface area contributed by atoms with E-state index in [0.29, 0.717) is 25.9 Å². The first kappa shape index (κ1) is 33.4. The van der Waals surface area contributed by atoms with Crippen molar-refractivity contribution in [3.8, 4) is 0 Å². The van der Waals surface area contributed by atoms with Gasteiger partial charge in [-0.2, -0.15) is 0 Å². The number of aliphatic carboxylic acids is 1. The van der Waals surface area contributed by atoms with E-state index in [0.717, 1.165) is 22.1 Å². The zero-order valence-corrected chi connectivity index (χ0v) is 22.1. The van der Waals surface area contributed by atoms with Crippen molar-refractivity contribution in [2.45, 2.75) is 46.2 Å². The number of fused-ring (bicyclic) bond motifs is 2. The molecule has 2 aromatic carbocycles. The molecule has 0 radical (unpaired) electrons. The number of aryl methyl sites for hydroxylation is 2. The van der Waals surface area contributed by atoms with E-state index in [2.05, 4.69) is 33.2 Å². The number of hydrogen-bond acceptors (Lipinski definition) is 6. The molecule has 0 saturated carbocycles. The van der Waals surface area contributed by atoms with Crippen LogP contribution in [-0.2, 0) is 32.3 Å². The van der Waals surface area contributed by atoms with Gasteiger partial charge in [-0.1, -0.05) is 31.7 Å². The summed E-state index contributed by atoms with van der Waals surface area (Å²) < 4.78 is 3.19.